The van der Waals surface area contributed by atoms with Crippen molar-refractivity contribution < 1.29 is 4.39 Å². The average Bonchev–Trinajstić information content (AvgIpc) is 2.17. The summed E-state index contributed by atoms with van der Waals surface area (Å²) >= 11 is 1.90. The molecule has 1 saturated carbocycles. The van der Waals surface area contributed by atoms with Gasteiger partial charge in [0.05, 0.1) is 0 Å². The van der Waals surface area contributed by atoms with E-state index in [9.17, 15) is 4.39 Å². The second kappa shape index (κ2) is 3.45. The molecule has 9 heavy (non-hydrogen) atoms. The highest BCUT2D eigenvalue weighted by Gasteiger charge is 2.23. The Balaban J connectivity index is 2.14. The monoisotopic (exact) mass is 148 g/mol. The number of alkyl halides is 1. The lowest BCUT2D eigenvalue weighted by molar-refractivity contribution is 0.343. The van der Waals surface area contributed by atoms with E-state index in [1.807, 2.05) is 11.8 Å². The maximum atomic E-state index is 12.5. The van der Waals surface area contributed by atoms with E-state index >= 15 is 0 Å². The normalized spacial score (nSPS) is 35.3. The van der Waals surface area contributed by atoms with Crippen LogP contribution in [0.3, 0.4) is 0 Å². The molecule has 2 heteroatoms. The third-order valence-corrected chi connectivity index (χ3v) is 2.96. The quantitative estimate of drug-likeness (QED) is 0.580. The fourth-order valence-corrected chi connectivity index (χ4v) is 2.39. The Hall–Kier alpha value is 0.280. The molecule has 1 aliphatic carbocycles. The molecular formula is C7H13FS. The molecule has 2 unspecified atom stereocenters. The van der Waals surface area contributed by atoms with Gasteiger partial charge in [0, 0.05) is 5.25 Å². The molecule has 0 aliphatic heterocycles. The van der Waals surface area contributed by atoms with Crippen LogP contribution in [0.2, 0.25) is 0 Å². The van der Waals surface area contributed by atoms with Crippen molar-refractivity contribution in [3.8, 4) is 0 Å². The first-order valence-electron chi connectivity index (χ1n) is 3.58. The molecule has 0 aromatic rings. The van der Waals surface area contributed by atoms with Gasteiger partial charge >= 0.3 is 0 Å². The van der Waals surface area contributed by atoms with Crippen molar-refractivity contribution in [3.63, 3.8) is 0 Å². The number of thioether (sulfide) groups is 1. The van der Waals surface area contributed by atoms with Crippen LogP contribution in [0.1, 0.15) is 26.2 Å². The fourth-order valence-electron chi connectivity index (χ4n) is 1.27. The Kier molecular flexibility index (Phi) is 2.83. The molecule has 0 radical (unpaired) electrons. The standard InChI is InChI=1S/C7H13FS/c1-2-9-7-4-3-6(8)5-7/h6-7H,2-5H2,1H3. The van der Waals surface area contributed by atoms with E-state index in [0.717, 1.165) is 25.0 Å². The van der Waals surface area contributed by atoms with Crippen LogP contribution in [0.4, 0.5) is 4.39 Å². The maximum absolute atomic E-state index is 12.5. The van der Waals surface area contributed by atoms with Crippen molar-refractivity contribution in [2.45, 2.75) is 37.6 Å². The minimum absolute atomic E-state index is 0.492. The van der Waals surface area contributed by atoms with E-state index in [2.05, 4.69) is 6.92 Å². The zero-order chi connectivity index (χ0) is 6.69. The summed E-state index contributed by atoms with van der Waals surface area (Å²) in [4.78, 5) is 0. The first-order chi connectivity index (χ1) is 4.33. The smallest absolute Gasteiger partial charge is 0.101 e. The predicted octanol–water partition coefficient (Wildman–Crippen LogP) is 2.63. The van der Waals surface area contributed by atoms with Gasteiger partial charge < -0.3 is 0 Å². The summed E-state index contributed by atoms with van der Waals surface area (Å²) in [6.07, 6.45) is 2.21. The van der Waals surface area contributed by atoms with E-state index in [4.69, 9.17) is 0 Å². The topological polar surface area (TPSA) is 0 Å². The van der Waals surface area contributed by atoms with Crippen LogP contribution in [0, 0.1) is 0 Å². The predicted molar refractivity (Wildman–Crippen MR) is 40.7 cm³/mol. The Morgan fingerprint density at radius 1 is 1.56 bits per heavy atom. The van der Waals surface area contributed by atoms with E-state index in [1.54, 1.807) is 0 Å². The summed E-state index contributed by atoms with van der Waals surface area (Å²) in [5.74, 6) is 1.14. The van der Waals surface area contributed by atoms with Crippen molar-refractivity contribution in [2.24, 2.45) is 0 Å². The maximum Gasteiger partial charge on any atom is 0.101 e. The van der Waals surface area contributed by atoms with Crippen molar-refractivity contribution in [2.75, 3.05) is 5.75 Å². The average molecular weight is 148 g/mol. The molecule has 0 spiro atoms. The highest BCUT2D eigenvalue weighted by molar-refractivity contribution is 7.99. The largest absolute Gasteiger partial charge is 0.247 e. The van der Waals surface area contributed by atoms with Crippen LogP contribution in [0.15, 0.2) is 0 Å². The van der Waals surface area contributed by atoms with Crippen molar-refractivity contribution >= 4 is 11.8 Å². The van der Waals surface area contributed by atoms with Gasteiger partial charge in [-0.25, -0.2) is 4.39 Å². The van der Waals surface area contributed by atoms with Crippen LogP contribution in [-0.4, -0.2) is 17.2 Å². The van der Waals surface area contributed by atoms with Crippen molar-refractivity contribution in [3.05, 3.63) is 0 Å². The Bertz CT molecular complexity index is 83.0. The second-order valence-electron chi connectivity index (χ2n) is 2.49. The van der Waals surface area contributed by atoms with Gasteiger partial charge in [-0.2, -0.15) is 11.8 Å². The summed E-state index contributed by atoms with van der Waals surface area (Å²) in [6, 6.07) is 0. The molecule has 0 N–H and O–H groups in total. The Labute approximate surface area is 60.2 Å². The van der Waals surface area contributed by atoms with Gasteiger partial charge in [-0.3, -0.25) is 0 Å². The van der Waals surface area contributed by atoms with Gasteiger partial charge in [0.15, 0.2) is 0 Å². The van der Waals surface area contributed by atoms with Crippen LogP contribution < -0.4 is 0 Å². The van der Waals surface area contributed by atoms with Gasteiger partial charge in [0.1, 0.15) is 6.17 Å². The van der Waals surface area contributed by atoms with Crippen LogP contribution in [0.25, 0.3) is 0 Å². The summed E-state index contributed by atoms with van der Waals surface area (Å²) in [5, 5.41) is 0.630. The molecule has 0 saturated heterocycles. The Morgan fingerprint density at radius 3 is 2.78 bits per heavy atom. The van der Waals surface area contributed by atoms with E-state index < -0.39 is 6.17 Å². The number of halogens is 1. The first-order valence-corrected chi connectivity index (χ1v) is 4.63. The first kappa shape index (κ1) is 7.39. The fraction of sp³-hybridized carbons (Fsp3) is 1.00. The molecular weight excluding hydrogens is 135 g/mol. The molecule has 54 valence electrons. The lowest BCUT2D eigenvalue weighted by Gasteiger charge is -2.03. The zero-order valence-electron chi connectivity index (χ0n) is 5.77. The summed E-state index contributed by atoms with van der Waals surface area (Å²) < 4.78 is 12.5. The molecule has 0 aromatic heterocycles. The third-order valence-electron chi connectivity index (χ3n) is 1.72. The van der Waals surface area contributed by atoms with Crippen molar-refractivity contribution in [1.82, 2.24) is 0 Å². The third kappa shape index (κ3) is 2.17. The molecule has 1 aliphatic rings. The summed E-state index contributed by atoms with van der Waals surface area (Å²) in [5.41, 5.74) is 0. The zero-order valence-corrected chi connectivity index (χ0v) is 6.59. The van der Waals surface area contributed by atoms with Crippen LogP contribution in [0.5, 0.6) is 0 Å². The van der Waals surface area contributed by atoms with Gasteiger partial charge in [0.25, 0.3) is 0 Å². The summed E-state index contributed by atoms with van der Waals surface area (Å²) in [6.45, 7) is 2.14. The van der Waals surface area contributed by atoms with Crippen molar-refractivity contribution in [1.29, 1.82) is 0 Å². The van der Waals surface area contributed by atoms with Gasteiger partial charge in [-0.1, -0.05) is 6.92 Å². The molecule has 0 bridgehead atoms. The number of hydrogen-bond donors (Lipinski definition) is 0. The van der Waals surface area contributed by atoms with E-state index in [1.165, 1.54) is 0 Å². The second-order valence-corrected chi connectivity index (χ2v) is 4.07. The molecule has 0 aromatic carbocycles. The number of hydrogen-bond acceptors (Lipinski definition) is 1. The lowest BCUT2D eigenvalue weighted by atomic mass is 10.3. The highest BCUT2D eigenvalue weighted by atomic mass is 32.2. The van der Waals surface area contributed by atoms with Crippen LogP contribution >= 0.6 is 11.8 Å². The molecule has 2 atom stereocenters. The minimum Gasteiger partial charge on any atom is -0.247 e. The van der Waals surface area contributed by atoms with E-state index in [-0.39, 0.29) is 0 Å². The van der Waals surface area contributed by atoms with Gasteiger partial charge in [-0.15, -0.1) is 0 Å². The molecule has 0 nitrogen and oxygen atoms in total. The highest BCUT2D eigenvalue weighted by Crippen LogP contribution is 2.31. The summed E-state index contributed by atoms with van der Waals surface area (Å²) in [7, 11) is 0. The van der Waals surface area contributed by atoms with Gasteiger partial charge in [-0.05, 0) is 25.0 Å². The van der Waals surface area contributed by atoms with Gasteiger partial charge in [0.2, 0.25) is 0 Å². The van der Waals surface area contributed by atoms with Crippen LogP contribution in [-0.2, 0) is 0 Å². The Morgan fingerprint density at radius 2 is 2.33 bits per heavy atom. The molecule has 0 heterocycles. The molecule has 1 rings (SSSR count). The molecule has 0 amide bonds. The number of rotatable bonds is 2. The van der Waals surface area contributed by atoms with E-state index in [0.29, 0.717) is 5.25 Å². The molecule has 1 fully saturated rings. The SMILES string of the molecule is CCSC1CCC(F)C1. The lowest BCUT2D eigenvalue weighted by Crippen LogP contribution is -1.97. The minimum atomic E-state index is -0.492.